The summed E-state index contributed by atoms with van der Waals surface area (Å²) in [5, 5.41) is 4.00. The first-order valence-corrected chi connectivity index (χ1v) is 6.61. The third-order valence-corrected chi connectivity index (χ3v) is 3.51. The average molecular weight is 218 g/mol. The van der Waals surface area contributed by atoms with Gasteiger partial charge in [0, 0.05) is 5.38 Å². The van der Waals surface area contributed by atoms with Gasteiger partial charge in [0.25, 0.3) is 0 Å². The van der Waals surface area contributed by atoms with Crippen LogP contribution in [0, 0.1) is 5.92 Å². The molecule has 1 aliphatic carbocycles. The van der Waals surface area contributed by atoms with E-state index in [0.29, 0.717) is 5.38 Å². The van der Waals surface area contributed by atoms with E-state index in [9.17, 15) is 0 Å². The van der Waals surface area contributed by atoms with E-state index < -0.39 is 0 Å². The molecule has 1 nitrogen and oxygen atoms in total. The molecule has 2 unspecified atom stereocenters. The summed E-state index contributed by atoms with van der Waals surface area (Å²) in [6.45, 7) is 4.63. The molecule has 0 heterocycles. The van der Waals surface area contributed by atoms with Crippen LogP contribution in [0.15, 0.2) is 0 Å². The van der Waals surface area contributed by atoms with Crippen molar-refractivity contribution < 1.29 is 0 Å². The van der Waals surface area contributed by atoms with Crippen LogP contribution in [0.1, 0.15) is 51.9 Å². The lowest BCUT2D eigenvalue weighted by molar-refractivity contribution is 0.346. The Kier molecular flexibility index (Phi) is 6.63. The van der Waals surface area contributed by atoms with Gasteiger partial charge < -0.3 is 5.32 Å². The molecule has 0 aliphatic heterocycles. The van der Waals surface area contributed by atoms with Crippen LogP contribution in [0.3, 0.4) is 0 Å². The van der Waals surface area contributed by atoms with Crippen LogP contribution in [-0.4, -0.2) is 18.5 Å². The zero-order chi connectivity index (χ0) is 10.2. The smallest absolute Gasteiger partial charge is 0.0339 e. The van der Waals surface area contributed by atoms with Crippen molar-refractivity contribution in [3.8, 4) is 0 Å². The lowest BCUT2D eigenvalue weighted by Gasteiger charge is -2.25. The summed E-state index contributed by atoms with van der Waals surface area (Å²) in [5.74, 6) is 0.841. The molecule has 0 spiro atoms. The van der Waals surface area contributed by atoms with E-state index in [0.717, 1.165) is 5.92 Å². The van der Waals surface area contributed by atoms with Crippen LogP contribution in [0.5, 0.6) is 0 Å². The molecule has 0 amide bonds. The number of alkyl halides is 1. The highest BCUT2D eigenvalue weighted by molar-refractivity contribution is 6.20. The maximum Gasteiger partial charge on any atom is 0.0339 e. The zero-order valence-corrected chi connectivity index (χ0v) is 10.2. The van der Waals surface area contributed by atoms with Gasteiger partial charge in [-0.2, -0.15) is 0 Å². The van der Waals surface area contributed by atoms with E-state index in [1.807, 2.05) is 0 Å². The van der Waals surface area contributed by atoms with Crippen LogP contribution in [0.25, 0.3) is 0 Å². The van der Waals surface area contributed by atoms with E-state index in [-0.39, 0.29) is 0 Å². The highest BCUT2D eigenvalue weighted by atomic mass is 35.5. The maximum atomic E-state index is 6.15. The molecule has 84 valence electrons. The fourth-order valence-electron chi connectivity index (χ4n) is 2.22. The lowest BCUT2D eigenvalue weighted by Crippen LogP contribution is -2.28. The quantitative estimate of drug-likeness (QED) is 0.530. The van der Waals surface area contributed by atoms with Crippen molar-refractivity contribution in [3.63, 3.8) is 0 Å². The minimum atomic E-state index is 0.450. The molecule has 1 aliphatic rings. The van der Waals surface area contributed by atoms with E-state index >= 15 is 0 Å². The van der Waals surface area contributed by atoms with E-state index in [1.165, 1.54) is 58.0 Å². The molecule has 1 rings (SSSR count). The Morgan fingerprint density at radius 1 is 1.29 bits per heavy atom. The summed E-state index contributed by atoms with van der Waals surface area (Å²) in [5.41, 5.74) is 0. The molecule has 14 heavy (non-hydrogen) atoms. The van der Waals surface area contributed by atoms with Crippen molar-refractivity contribution in [2.75, 3.05) is 13.1 Å². The third kappa shape index (κ3) is 5.21. The van der Waals surface area contributed by atoms with E-state index in [4.69, 9.17) is 11.6 Å². The van der Waals surface area contributed by atoms with Gasteiger partial charge in [0.05, 0.1) is 0 Å². The highest BCUT2D eigenvalue weighted by Crippen LogP contribution is 2.27. The van der Waals surface area contributed by atoms with E-state index in [1.54, 1.807) is 0 Å². The summed E-state index contributed by atoms with van der Waals surface area (Å²) in [6.07, 6.45) is 9.16. The van der Waals surface area contributed by atoms with Gasteiger partial charge in [-0.3, -0.25) is 0 Å². The molecule has 2 atom stereocenters. The molecule has 1 N–H and O–H groups in total. The molecule has 0 radical (unpaired) electrons. The largest absolute Gasteiger partial charge is 0.316 e. The van der Waals surface area contributed by atoms with Crippen molar-refractivity contribution in [2.45, 2.75) is 57.2 Å². The summed E-state index contributed by atoms with van der Waals surface area (Å²) >= 11 is 6.15. The molecule has 1 fully saturated rings. The second kappa shape index (κ2) is 7.53. The number of hydrogen-bond acceptors (Lipinski definition) is 1. The Balaban J connectivity index is 1.95. The Morgan fingerprint density at radius 3 is 2.86 bits per heavy atom. The third-order valence-electron chi connectivity index (χ3n) is 3.11. The molecule has 0 aromatic carbocycles. The molecule has 1 saturated carbocycles. The van der Waals surface area contributed by atoms with Crippen molar-refractivity contribution in [1.29, 1.82) is 0 Å². The second-order valence-electron chi connectivity index (χ2n) is 4.54. The first-order valence-electron chi connectivity index (χ1n) is 6.17. The SMILES string of the molecule is CCCCCNCC1CCCC(Cl)C1. The molecular weight excluding hydrogens is 194 g/mol. The van der Waals surface area contributed by atoms with Crippen LogP contribution in [0.4, 0.5) is 0 Å². The van der Waals surface area contributed by atoms with Crippen LogP contribution < -0.4 is 5.32 Å². The van der Waals surface area contributed by atoms with Gasteiger partial charge in [0.15, 0.2) is 0 Å². The monoisotopic (exact) mass is 217 g/mol. The van der Waals surface area contributed by atoms with Crippen molar-refractivity contribution >= 4 is 11.6 Å². The van der Waals surface area contributed by atoms with Gasteiger partial charge >= 0.3 is 0 Å². The minimum absolute atomic E-state index is 0.450. The average Bonchev–Trinajstić information content (AvgIpc) is 2.18. The summed E-state index contributed by atoms with van der Waals surface area (Å²) in [7, 11) is 0. The predicted molar refractivity (Wildman–Crippen MR) is 64.0 cm³/mol. The van der Waals surface area contributed by atoms with Gasteiger partial charge in [0.2, 0.25) is 0 Å². The Hall–Kier alpha value is 0.250. The first kappa shape index (κ1) is 12.3. The molecule has 0 bridgehead atoms. The van der Waals surface area contributed by atoms with Crippen LogP contribution in [0.2, 0.25) is 0 Å². The van der Waals surface area contributed by atoms with Crippen molar-refractivity contribution in [2.24, 2.45) is 5.92 Å². The zero-order valence-electron chi connectivity index (χ0n) is 9.40. The molecule has 2 heteroatoms. The fraction of sp³-hybridized carbons (Fsp3) is 1.00. The Bertz CT molecular complexity index is 138. The number of halogens is 1. The number of unbranched alkanes of at least 4 members (excludes halogenated alkanes) is 2. The lowest BCUT2D eigenvalue weighted by atomic mass is 9.89. The standard InChI is InChI=1S/C12H24ClN/c1-2-3-4-8-14-10-11-6-5-7-12(13)9-11/h11-12,14H,2-10H2,1H3. The summed E-state index contributed by atoms with van der Waals surface area (Å²) < 4.78 is 0. The van der Waals surface area contributed by atoms with Crippen LogP contribution >= 0.6 is 11.6 Å². The first-order chi connectivity index (χ1) is 6.83. The van der Waals surface area contributed by atoms with Gasteiger partial charge in [-0.1, -0.05) is 26.2 Å². The topological polar surface area (TPSA) is 12.0 Å². The molecule has 0 aromatic rings. The van der Waals surface area contributed by atoms with E-state index in [2.05, 4.69) is 12.2 Å². The molecular formula is C12H24ClN. The second-order valence-corrected chi connectivity index (χ2v) is 5.16. The highest BCUT2D eigenvalue weighted by Gasteiger charge is 2.19. The minimum Gasteiger partial charge on any atom is -0.316 e. The Morgan fingerprint density at radius 2 is 2.14 bits per heavy atom. The summed E-state index contributed by atoms with van der Waals surface area (Å²) in [6, 6.07) is 0. The normalized spacial score (nSPS) is 27.9. The van der Waals surface area contributed by atoms with Gasteiger partial charge in [-0.15, -0.1) is 11.6 Å². The van der Waals surface area contributed by atoms with Crippen molar-refractivity contribution in [3.05, 3.63) is 0 Å². The number of nitrogens with one attached hydrogen (secondary N) is 1. The molecule has 0 saturated heterocycles. The predicted octanol–water partition coefficient (Wildman–Crippen LogP) is 3.56. The van der Waals surface area contributed by atoms with Gasteiger partial charge in [0.1, 0.15) is 0 Å². The van der Waals surface area contributed by atoms with Gasteiger partial charge in [-0.25, -0.2) is 0 Å². The summed E-state index contributed by atoms with van der Waals surface area (Å²) in [4.78, 5) is 0. The Labute approximate surface area is 93.6 Å². The van der Waals surface area contributed by atoms with Gasteiger partial charge in [-0.05, 0) is 44.7 Å². The maximum absolute atomic E-state index is 6.15. The van der Waals surface area contributed by atoms with Crippen molar-refractivity contribution in [1.82, 2.24) is 5.32 Å². The fourth-order valence-corrected chi connectivity index (χ4v) is 2.62. The molecule has 0 aromatic heterocycles. The number of rotatable bonds is 6. The van der Waals surface area contributed by atoms with Crippen LogP contribution in [-0.2, 0) is 0 Å². The number of hydrogen-bond donors (Lipinski definition) is 1.